The standard InChI is InChI=1S/C28H29F8N5O2S/c1-27-9-8-22(27)24(40(15-27)16-37)26(43)41(20-2-4-21(5-3-20)44(32,33,34,35)36)23(17-12-18(29)14-38-13-17)25(42)39-19-6-10-28(30,31)11-7-19/h2-5,12-14,19,22-24H,6-11,15H2,1H3,(H,39,42)/t22-,23-,24-,27-/m1/s1. The van der Waals surface area contributed by atoms with Crippen molar-refractivity contribution in [2.45, 2.75) is 74.4 Å². The summed E-state index contributed by atoms with van der Waals surface area (Å²) in [5.41, 5.74) is -1.07. The van der Waals surface area contributed by atoms with Gasteiger partial charge >= 0.3 is 10.2 Å². The predicted octanol–water partition coefficient (Wildman–Crippen LogP) is 7.23. The van der Waals surface area contributed by atoms with Crippen LogP contribution >= 0.6 is 10.2 Å². The fourth-order valence-electron chi connectivity index (χ4n) is 6.52. The van der Waals surface area contributed by atoms with E-state index in [1.807, 2.05) is 13.1 Å². The van der Waals surface area contributed by atoms with Crippen molar-refractivity contribution in [3.8, 4) is 6.19 Å². The van der Waals surface area contributed by atoms with Crippen LogP contribution in [-0.2, 0) is 9.59 Å². The highest BCUT2D eigenvalue weighted by Crippen LogP contribution is 3.02. The largest absolute Gasteiger partial charge is 0.351 e. The summed E-state index contributed by atoms with van der Waals surface area (Å²) in [7, 11) is -10.1. The Labute approximate surface area is 247 Å². The number of benzene rings is 1. The van der Waals surface area contributed by atoms with Crippen LogP contribution in [0.2, 0.25) is 0 Å². The van der Waals surface area contributed by atoms with Gasteiger partial charge in [0.05, 0.1) is 6.20 Å². The van der Waals surface area contributed by atoms with E-state index in [1.54, 1.807) is 0 Å². The summed E-state index contributed by atoms with van der Waals surface area (Å²) >= 11 is 0. The van der Waals surface area contributed by atoms with E-state index in [0.717, 1.165) is 23.4 Å². The molecule has 2 aliphatic carbocycles. The molecular weight excluding hydrogens is 622 g/mol. The van der Waals surface area contributed by atoms with Gasteiger partial charge in [-0.1, -0.05) is 26.4 Å². The molecule has 1 aromatic heterocycles. The zero-order valence-electron chi connectivity index (χ0n) is 23.3. The summed E-state index contributed by atoms with van der Waals surface area (Å²) in [5, 5.41) is 12.5. The normalized spacial score (nSPS) is 27.1. The average Bonchev–Trinajstić information content (AvgIpc) is 3.11. The molecule has 2 saturated carbocycles. The Bertz CT molecular complexity index is 1510. The van der Waals surface area contributed by atoms with Gasteiger partial charge in [-0.25, -0.2) is 13.2 Å². The fraction of sp³-hybridized carbons (Fsp3) is 0.500. The van der Waals surface area contributed by atoms with Crippen molar-refractivity contribution in [2.75, 3.05) is 11.4 Å². The number of anilines is 1. The van der Waals surface area contributed by atoms with E-state index in [1.165, 1.54) is 4.90 Å². The van der Waals surface area contributed by atoms with Crippen molar-refractivity contribution in [1.29, 1.82) is 5.26 Å². The molecule has 3 aliphatic rings. The lowest BCUT2D eigenvalue weighted by Gasteiger charge is -2.44. The molecule has 44 heavy (non-hydrogen) atoms. The Morgan fingerprint density at radius 2 is 1.70 bits per heavy atom. The number of nitriles is 1. The number of pyridine rings is 1. The lowest BCUT2D eigenvalue weighted by molar-refractivity contribution is -0.130. The Hall–Kier alpha value is -3.61. The van der Waals surface area contributed by atoms with E-state index < -0.39 is 80.7 Å². The molecule has 1 saturated heterocycles. The SMILES string of the molecule is C[C@]12CC[C@@H]1[C@H](C(=O)N(c1ccc(S(F)(F)(F)(F)F)cc1)[C@@H](C(=O)NC1CCC(F)(F)CC1)c1cncc(F)c1)N(C#N)C2. The first-order valence-electron chi connectivity index (χ1n) is 13.8. The van der Waals surface area contributed by atoms with Crippen molar-refractivity contribution in [3.05, 3.63) is 54.1 Å². The van der Waals surface area contributed by atoms with Crippen LogP contribution < -0.4 is 10.2 Å². The quantitative estimate of drug-likeness (QED) is 0.252. The summed E-state index contributed by atoms with van der Waals surface area (Å²) in [6.07, 6.45) is 3.73. The molecule has 0 bridgehead atoms. The van der Waals surface area contributed by atoms with Crippen LogP contribution in [0.25, 0.3) is 0 Å². The number of carbonyl (C=O) groups excluding carboxylic acids is 2. The summed E-state index contributed by atoms with van der Waals surface area (Å²) in [5.74, 6) is -6.11. The highest BCUT2D eigenvalue weighted by molar-refractivity contribution is 8.45. The third kappa shape index (κ3) is 6.15. The summed E-state index contributed by atoms with van der Waals surface area (Å²) in [6.45, 7) is 2.06. The first-order chi connectivity index (χ1) is 20.2. The highest BCUT2D eigenvalue weighted by Gasteiger charge is 2.65. The number of hydrogen-bond donors (Lipinski definition) is 1. The molecule has 0 radical (unpaired) electrons. The number of aromatic nitrogens is 1. The number of likely N-dealkylation sites (tertiary alicyclic amines) is 1. The number of halogens is 8. The van der Waals surface area contributed by atoms with Crippen LogP contribution in [0.4, 0.5) is 38.3 Å². The number of carbonyl (C=O) groups is 2. The number of alkyl halides is 2. The van der Waals surface area contributed by atoms with E-state index in [0.29, 0.717) is 25.0 Å². The number of nitrogens with one attached hydrogen (secondary N) is 1. The lowest BCUT2D eigenvalue weighted by Crippen LogP contribution is -2.54. The van der Waals surface area contributed by atoms with Crippen LogP contribution in [0.15, 0.2) is 47.6 Å². The molecule has 2 amide bonds. The Morgan fingerprint density at radius 1 is 1.07 bits per heavy atom. The molecular formula is C28H29F8N5O2S. The molecule has 5 rings (SSSR count). The molecule has 1 aromatic carbocycles. The predicted molar refractivity (Wildman–Crippen MR) is 145 cm³/mol. The minimum absolute atomic E-state index is 0.0867. The second-order valence-electron chi connectivity index (χ2n) is 12.1. The Balaban J connectivity index is 1.61. The van der Waals surface area contributed by atoms with Gasteiger partial charge in [-0.2, -0.15) is 5.26 Å². The van der Waals surface area contributed by atoms with Crippen molar-refractivity contribution in [2.24, 2.45) is 11.3 Å². The van der Waals surface area contributed by atoms with Crippen molar-refractivity contribution >= 4 is 27.7 Å². The average molecular weight is 652 g/mol. The van der Waals surface area contributed by atoms with Crippen LogP contribution in [0, 0.1) is 28.6 Å². The summed E-state index contributed by atoms with van der Waals surface area (Å²) in [4.78, 5) is 31.8. The maximum Gasteiger partial charge on any atom is 0.310 e. The third-order valence-electron chi connectivity index (χ3n) is 8.96. The van der Waals surface area contributed by atoms with Gasteiger partial charge in [-0.15, -0.1) is 0 Å². The molecule has 16 heteroatoms. The number of fused-ring (bicyclic) bond motifs is 1. The number of rotatable bonds is 7. The topological polar surface area (TPSA) is 89.3 Å². The van der Waals surface area contributed by atoms with Gasteiger partial charge in [0.1, 0.15) is 22.8 Å². The second-order valence-corrected chi connectivity index (χ2v) is 14.5. The van der Waals surface area contributed by atoms with Crippen molar-refractivity contribution in [3.63, 3.8) is 0 Å². The number of hydrogen-bond acceptors (Lipinski definition) is 5. The van der Waals surface area contributed by atoms with E-state index in [9.17, 15) is 47.5 Å². The Morgan fingerprint density at radius 3 is 2.23 bits per heavy atom. The molecule has 4 atom stereocenters. The molecule has 240 valence electrons. The summed E-state index contributed by atoms with van der Waals surface area (Å²) in [6, 6.07) is -1.50. The monoisotopic (exact) mass is 651 g/mol. The maximum atomic E-state index is 14.4. The first kappa shape index (κ1) is 31.8. The molecule has 3 fully saturated rings. The molecule has 7 nitrogen and oxygen atoms in total. The van der Waals surface area contributed by atoms with Crippen molar-refractivity contribution in [1.82, 2.24) is 15.2 Å². The highest BCUT2D eigenvalue weighted by atomic mass is 32.5. The molecule has 2 aromatic rings. The van der Waals surface area contributed by atoms with Gasteiger partial charge in [-0.05, 0) is 67.3 Å². The molecule has 1 N–H and O–H groups in total. The maximum absolute atomic E-state index is 14.4. The van der Waals surface area contributed by atoms with E-state index >= 15 is 0 Å². The van der Waals surface area contributed by atoms with Crippen molar-refractivity contribution < 1.29 is 42.2 Å². The molecule has 0 unspecified atom stereocenters. The second kappa shape index (κ2) is 9.95. The van der Waals surface area contributed by atoms with Crippen LogP contribution in [0.3, 0.4) is 0 Å². The number of nitrogens with zero attached hydrogens (tertiary/aromatic N) is 4. The fourth-order valence-corrected chi connectivity index (χ4v) is 7.17. The van der Waals surface area contributed by atoms with Gasteiger partial charge in [0.2, 0.25) is 11.8 Å². The summed E-state index contributed by atoms with van der Waals surface area (Å²) < 4.78 is 110. The van der Waals surface area contributed by atoms with E-state index in [2.05, 4.69) is 10.3 Å². The van der Waals surface area contributed by atoms with Crippen LogP contribution in [-0.4, -0.2) is 46.2 Å². The minimum Gasteiger partial charge on any atom is -0.351 e. The van der Waals surface area contributed by atoms with Gasteiger partial charge in [-0.3, -0.25) is 24.4 Å². The lowest BCUT2D eigenvalue weighted by atomic mass is 9.61. The zero-order chi connectivity index (χ0) is 32.4. The van der Waals surface area contributed by atoms with Gasteiger partial charge in [0, 0.05) is 42.9 Å². The smallest absolute Gasteiger partial charge is 0.310 e. The van der Waals surface area contributed by atoms with Crippen LogP contribution in [0.5, 0.6) is 0 Å². The molecule has 1 aliphatic heterocycles. The van der Waals surface area contributed by atoms with E-state index in [-0.39, 0.29) is 43.0 Å². The van der Waals surface area contributed by atoms with Gasteiger partial charge in [0.25, 0.3) is 5.91 Å². The third-order valence-corrected chi connectivity index (χ3v) is 10.1. The van der Waals surface area contributed by atoms with Gasteiger partial charge < -0.3 is 5.32 Å². The van der Waals surface area contributed by atoms with Crippen LogP contribution in [0.1, 0.15) is 57.1 Å². The molecule has 2 heterocycles. The number of amides is 2. The van der Waals surface area contributed by atoms with Gasteiger partial charge in [0.15, 0.2) is 6.19 Å². The zero-order valence-corrected chi connectivity index (χ0v) is 24.2. The first-order valence-corrected chi connectivity index (χ1v) is 15.8. The minimum atomic E-state index is -10.1. The van der Waals surface area contributed by atoms with E-state index in [4.69, 9.17) is 0 Å². The Kier molecular flexibility index (Phi) is 7.19. The molecule has 0 spiro atoms.